The standard InChI is InChI=1S/C18H24N4OS/c1-12(2)13(3)19-16(23)11-24-18-21-20-17(14-9-10-14)22(18)15-7-5-4-6-8-15/h4-8,12-14H,9-11H2,1-3H3,(H,19,23). The topological polar surface area (TPSA) is 59.8 Å². The number of hydrogen-bond donors (Lipinski definition) is 1. The van der Waals surface area contributed by atoms with Gasteiger partial charge in [0.25, 0.3) is 0 Å². The average molecular weight is 344 g/mol. The van der Waals surface area contributed by atoms with Gasteiger partial charge in [-0.2, -0.15) is 0 Å². The van der Waals surface area contributed by atoms with Gasteiger partial charge in [-0.25, -0.2) is 0 Å². The van der Waals surface area contributed by atoms with Crippen LogP contribution in [0.1, 0.15) is 45.4 Å². The maximum absolute atomic E-state index is 12.1. The fourth-order valence-electron chi connectivity index (χ4n) is 2.39. The zero-order valence-corrected chi connectivity index (χ0v) is 15.2. The van der Waals surface area contributed by atoms with Gasteiger partial charge in [0.05, 0.1) is 5.75 Å². The van der Waals surface area contributed by atoms with Gasteiger partial charge in [0.15, 0.2) is 5.16 Å². The summed E-state index contributed by atoms with van der Waals surface area (Å²) in [4.78, 5) is 12.1. The first-order valence-corrected chi connectivity index (χ1v) is 9.47. The number of thioether (sulfide) groups is 1. The third kappa shape index (κ3) is 3.98. The molecule has 1 heterocycles. The van der Waals surface area contributed by atoms with Gasteiger partial charge in [-0.3, -0.25) is 9.36 Å². The Morgan fingerprint density at radius 3 is 2.58 bits per heavy atom. The summed E-state index contributed by atoms with van der Waals surface area (Å²) in [6.07, 6.45) is 2.34. The molecule has 5 nitrogen and oxygen atoms in total. The number of hydrogen-bond acceptors (Lipinski definition) is 4. The molecular weight excluding hydrogens is 320 g/mol. The number of amides is 1. The molecule has 0 radical (unpaired) electrons. The molecule has 0 bridgehead atoms. The molecule has 6 heteroatoms. The first-order valence-electron chi connectivity index (χ1n) is 8.49. The maximum atomic E-state index is 12.1. The number of carbonyl (C=O) groups is 1. The lowest BCUT2D eigenvalue weighted by molar-refractivity contribution is -0.119. The van der Waals surface area contributed by atoms with Crippen molar-refractivity contribution in [2.45, 2.75) is 50.7 Å². The Morgan fingerprint density at radius 2 is 1.96 bits per heavy atom. The van der Waals surface area contributed by atoms with Crippen LogP contribution in [0.25, 0.3) is 5.69 Å². The van der Waals surface area contributed by atoms with E-state index < -0.39 is 0 Å². The molecule has 1 unspecified atom stereocenters. The Bertz CT molecular complexity index is 694. The van der Waals surface area contributed by atoms with Gasteiger partial charge in [-0.15, -0.1) is 10.2 Å². The van der Waals surface area contributed by atoms with Crippen molar-refractivity contribution >= 4 is 17.7 Å². The number of para-hydroxylation sites is 1. The van der Waals surface area contributed by atoms with Gasteiger partial charge in [-0.05, 0) is 37.8 Å². The number of nitrogens with zero attached hydrogens (tertiary/aromatic N) is 3. The van der Waals surface area contributed by atoms with E-state index in [0.717, 1.165) is 16.7 Å². The minimum atomic E-state index is 0.0387. The van der Waals surface area contributed by atoms with Gasteiger partial charge in [-0.1, -0.05) is 43.8 Å². The zero-order valence-electron chi connectivity index (χ0n) is 14.4. The summed E-state index contributed by atoms with van der Waals surface area (Å²) in [6.45, 7) is 6.24. The molecule has 1 atom stereocenters. The van der Waals surface area contributed by atoms with E-state index in [2.05, 4.69) is 46.1 Å². The third-order valence-electron chi connectivity index (χ3n) is 4.34. The highest BCUT2D eigenvalue weighted by atomic mass is 32.2. The summed E-state index contributed by atoms with van der Waals surface area (Å²) in [5.41, 5.74) is 1.06. The lowest BCUT2D eigenvalue weighted by Gasteiger charge is -2.17. The molecule has 0 spiro atoms. The van der Waals surface area contributed by atoms with Gasteiger partial charge in [0, 0.05) is 17.6 Å². The van der Waals surface area contributed by atoms with Crippen molar-refractivity contribution in [1.82, 2.24) is 20.1 Å². The van der Waals surface area contributed by atoms with Crippen molar-refractivity contribution in [1.29, 1.82) is 0 Å². The van der Waals surface area contributed by atoms with E-state index in [1.165, 1.54) is 24.6 Å². The molecule has 1 aromatic heterocycles. The van der Waals surface area contributed by atoms with Crippen LogP contribution in [0.3, 0.4) is 0 Å². The first kappa shape index (κ1) is 17.0. The van der Waals surface area contributed by atoms with Crippen LogP contribution in [0.2, 0.25) is 0 Å². The van der Waals surface area contributed by atoms with Crippen LogP contribution in [0.4, 0.5) is 0 Å². The summed E-state index contributed by atoms with van der Waals surface area (Å²) >= 11 is 1.45. The molecule has 1 aromatic carbocycles. The van der Waals surface area contributed by atoms with Crippen molar-refractivity contribution in [3.63, 3.8) is 0 Å². The highest BCUT2D eigenvalue weighted by molar-refractivity contribution is 7.99. The maximum Gasteiger partial charge on any atom is 0.230 e. The van der Waals surface area contributed by atoms with Crippen LogP contribution >= 0.6 is 11.8 Å². The number of nitrogens with one attached hydrogen (secondary N) is 1. The van der Waals surface area contributed by atoms with Crippen LogP contribution in [-0.4, -0.2) is 32.5 Å². The Morgan fingerprint density at radius 1 is 1.25 bits per heavy atom. The minimum absolute atomic E-state index is 0.0387. The van der Waals surface area contributed by atoms with Crippen LogP contribution in [0, 0.1) is 5.92 Å². The predicted octanol–water partition coefficient (Wildman–Crippen LogP) is 3.40. The SMILES string of the molecule is CC(C)C(C)NC(=O)CSc1nnc(C2CC2)n1-c1ccccc1. The number of rotatable bonds is 7. The number of carbonyl (C=O) groups excluding carboxylic acids is 1. The Kier molecular flexibility index (Phi) is 5.23. The molecular formula is C18H24N4OS. The number of aromatic nitrogens is 3. The monoisotopic (exact) mass is 344 g/mol. The van der Waals surface area contributed by atoms with Crippen LogP contribution in [0.5, 0.6) is 0 Å². The largest absolute Gasteiger partial charge is 0.353 e. The van der Waals surface area contributed by atoms with Gasteiger partial charge < -0.3 is 5.32 Å². The molecule has 2 aromatic rings. The smallest absolute Gasteiger partial charge is 0.230 e. The molecule has 1 fully saturated rings. The summed E-state index contributed by atoms with van der Waals surface area (Å²) in [5, 5.41) is 12.5. The van der Waals surface area contributed by atoms with Gasteiger partial charge in [0.1, 0.15) is 5.82 Å². The van der Waals surface area contributed by atoms with E-state index >= 15 is 0 Å². The molecule has 1 saturated carbocycles. The van der Waals surface area contributed by atoms with Crippen molar-refractivity contribution in [2.75, 3.05) is 5.75 Å². The van der Waals surface area contributed by atoms with Crippen LogP contribution < -0.4 is 5.32 Å². The van der Waals surface area contributed by atoms with E-state index in [1.807, 2.05) is 25.1 Å². The minimum Gasteiger partial charge on any atom is -0.353 e. The van der Waals surface area contributed by atoms with Crippen molar-refractivity contribution in [2.24, 2.45) is 5.92 Å². The molecule has 128 valence electrons. The fraction of sp³-hybridized carbons (Fsp3) is 0.500. The highest BCUT2D eigenvalue weighted by Gasteiger charge is 2.31. The lowest BCUT2D eigenvalue weighted by atomic mass is 10.1. The molecule has 24 heavy (non-hydrogen) atoms. The molecule has 1 amide bonds. The summed E-state index contributed by atoms with van der Waals surface area (Å²) in [7, 11) is 0. The number of benzene rings is 1. The van der Waals surface area contributed by atoms with Crippen LogP contribution in [-0.2, 0) is 4.79 Å². The van der Waals surface area contributed by atoms with Gasteiger partial charge in [0.2, 0.25) is 5.91 Å². The predicted molar refractivity (Wildman–Crippen MR) is 96.5 cm³/mol. The summed E-state index contributed by atoms with van der Waals surface area (Å²) < 4.78 is 2.10. The van der Waals surface area contributed by atoms with Gasteiger partial charge >= 0.3 is 0 Å². The van der Waals surface area contributed by atoms with E-state index in [-0.39, 0.29) is 11.9 Å². The second-order valence-electron chi connectivity index (χ2n) is 6.67. The molecule has 3 rings (SSSR count). The Hall–Kier alpha value is -1.82. The molecule has 1 aliphatic rings. The normalized spacial score (nSPS) is 15.5. The molecule has 0 saturated heterocycles. The van der Waals surface area contributed by atoms with E-state index in [9.17, 15) is 4.79 Å². The summed E-state index contributed by atoms with van der Waals surface area (Å²) in [6, 6.07) is 10.3. The quantitative estimate of drug-likeness (QED) is 0.782. The zero-order chi connectivity index (χ0) is 17.1. The van der Waals surface area contributed by atoms with E-state index in [1.54, 1.807) is 0 Å². The molecule has 1 aliphatic carbocycles. The third-order valence-corrected chi connectivity index (χ3v) is 5.27. The Labute approximate surface area is 147 Å². The van der Waals surface area contributed by atoms with Crippen molar-refractivity contribution < 1.29 is 4.79 Å². The second-order valence-corrected chi connectivity index (χ2v) is 7.62. The van der Waals surface area contributed by atoms with E-state index in [0.29, 0.717) is 17.6 Å². The fourth-order valence-corrected chi connectivity index (χ4v) is 3.16. The Balaban J connectivity index is 1.73. The first-order chi connectivity index (χ1) is 11.6. The molecule has 0 aliphatic heterocycles. The van der Waals surface area contributed by atoms with Crippen molar-refractivity contribution in [3.05, 3.63) is 36.2 Å². The molecule has 1 N–H and O–H groups in total. The highest BCUT2D eigenvalue weighted by Crippen LogP contribution is 2.41. The average Bonchev–Trinajstić information content (AvgIpc) is 3.33. The summed E-state index contributed by atoms with van der Waals surface area (Å²) in [5.74, 6) is 2.33. The second kappa shape index (κ2) is 7.38. The van der Waals surface area contributed by atoms with Crippen molar-refractivity contribution in [3.8, 4) is 5.69 Å². The van der Waals surface area contributed by atoms with Crippen LogP contribution in [0.15, 0.2) is 35.5 Å². The lowest BCUT2D eigenvalue weighted by Crippen LogP contribution is -2.37. The van der Waals surface area contributed by atoms with E-state index in [4.69, 9.17) is 0 Å².